The molecule has 186 valence electrons. The lowest BCUT2D eigenvalue weighted by Gasteiger charge is -2.31. The summed E-state index contributed by atoms with van der Waals surface area (Å²) in [5, 5.41) is 15.1. The molecular weight excluding hydrogens is 502 g/mol. The topological polar surface area (TPSA) is 127 Å². The maximum atomic E-state index is 13.1. The molecule has 0 radical (unpaired) electrons. The van der Waals surface area contributed by atoms with Crippen LogP contribution in [0, 0.1) is 12.8 Å². The number of benzene rings is 2. The number of aromatic nitrogens is 1. The monoisotopic (exact) mass is 525 g/mol. The van der Waals surface area contributed by atoms with Gasteiger partial charge in [-0.2, -0.15) is 0 Å². The fourth-order valence-electron chi connectivity index (χ4n) is 4.51. The van der Waals surface area contributed by atoms with Gasteiger partial charge < -0.3 is 15.2 Å². The number of nitrogens with one attached hydrogen (secondary N) is 2. The van der Waals surface area contributed by atoms with Gasteiger partial charge in [-0.05, 0) is 43.7 Å². The summed E-state index contributed by atoms with van der Waals surface area (Å²) >= 11 is 2.09. The number of aryl methyl sites for hydroxylation is 1. The van der Waals surface area contributed by atoms with Gasteiger partial charge in [-0.3, -0.25) is 29.1 Å². The highest BCUT2D eigenvalue weighted by molar-refractivity contribution is 8.00. The third-order valence-electron chi connectivity index (χ3n) is 6.17. The molecular formula is C25H23N3O6S2. The van der Waals surface area contributed by atoms with Crippen molar-refractivity contribution in [2.75, 3.05) is 11.9 Å². The average molecular weight is 526 g/mol. The van der Waals surface area contributed by atoms with Gasteiger partial charge in [-0.15, -0.1) is 0 Å². The highest BCUT2D eigenvalue weighted by Gasteiger charge is 2.53. The number of hydrogen-bond donors (Lipinski definition) is 3. The van der Waals surface area contributed by atoms with Crippen molar-refractivity contribution in [3.05, 3.63) is 68.1 Å². The number of phenols is 1. The van der Waals surface area contributed by atoms with Crippen LogP contribution in [-0.4, -0.2) is 39.3 Å². The molecule has 0 aliphatic carbocycles. The van der Waals surface area contributed by atoms with Gasteiger partial charge in [0.15, 0.2) is 11.5 Å². The first-order valence-corrected chi connectivity index (χ1v) is 13.0. The summed E-state index contributed by atoms with van der Waals surface area (Å²) in [7, 11) is 0. The predicted octanol–water partition coefficient (Wildman–Crippen LogP) is 2.84. The minimum Gasteiger partial charge on any atom is -0.504 e. The second-order valence-corrected chi connectivity index (χ2v) is 10.7. The Hall–Kier alpha value is -3.57. The molecule has 9 nitrogen and oxygen atoms in total. The molecule has 11 heteroatoms. The maximum Gasteiger partial charge on any atom is 0.308 e. The number of fused-ring (bicyclic) bond motifs is 2. The number of hydrogen-bond acceptors (Lipinski definition) is 8. The molecule has 1 aromatic heterocycles. The Kier molecular flexibility index (Phi) is 6.35. The third-order valence-corrected chi connectivity index (χ3v) is 8.78. The first-order chi connectivity index (χ1) is 17.3. The van der Waals surface area contributed by atoms with E-state index in [4.69, 9.17) is 4.74 Å². The number of aromatic hydroxyl groups is 1. The molecule has 0 bridgehead atoms. The normalized spacial score (nSPS) is 20.4. The van der Waals surface area contributed by atoms with Gasteiger partial charge in [-0.25, -0.2) is 0 Å². The number of thiazole rings is 1. The van der Waals surface area contributed by atoms with Crippen molar-refractivity contribution in [3.8, 4) is 11.5 Å². The van der Waals surface area contributed by atoms with E-state index in [2.05, 4.69) is 10.6 Å². The summed E-state index contributed by atoms with van der Waals surface area (Å²) in [6.07, 6.45) is 0. The zero-order valence-corrected chi connectivity index (χ0v) is 21.1. The summed E-state index contributed by atoms with van der Waals surface area (Å²) in [5.41, 5.74) is 2.30. The van der Waals surface area contributed by atoms with Crippen LogP contribution >= 0.6 is 23.1 Å². The molecule has 3 N–H and O–H groups in total. The van der Waals surface area contributed by atoms with E-state index in [1.807, 2.05) is 19.1 Å². The van der Waals surface area contributed by atoms with Gasteiger partial charge in [-0.1, -0.05) is 46.9 Å². The van der Waals surface area contributed by atoms with Crippen molar-refractivity contribution in [2.45, 2.75) is 36.6 Å². The lowest BCUT2D eigenvalue weighted by Crippen LogP contribution is -2.32. The van der Waals surface area contributed by atoms with Crippen LogP contribution in [0.2, 0.25) is 0 Å². The zero-order chi connectivity index (χ0) is 25.6. The Balaban J connectivity index is 1.54. The number of nitrogens with zero attached hydrogens (tertiary/aromatic N) is 1. The summed E-state index contributed by atoms with van der Waals surface area (Å²) in [6, 6.07) is 12.1. The van der Waals surface area contributed by atoms with E-state index in [1.54, 1.807) is 31.2 Å². The first-order valence-electron chi connectivity index (χ1n) is 11.3. The Labute approximate surface area is 214 Å². The summed E-state index contributed by atoms with van der Waals surface area (Å²) < 4.78 is 6.88. The zero-order valence-electron chi connectivity index (χ0n) is 19.4. The number of anilines is 1. The van der Waals surface area contributed by atoms with E-state index in [0.717, 1.165) is 28.7 Å². The SMILES string of the molecule is CCOc1cc([C@@H]2c3sc(=O)n(CC(=O)Nc4ccc(C)cc4)c3SC3C(=O)NC(=O)C32)ccc1O. The number of ether oxygens (including phenoxy) is 1. The molecule has 36 heavy (non-hydrogen) atoms. The van der Waals surface area contributed by atoms with Gasteiger partial charge in [0.25, 0.3) is 0 Å². The minimum atomic E-state index is -0.750. The smallest absolute Gasteiger partial charge is 0.308 e. The Morgan fingerprint density at radius 2 is 1.89 bits per heavy atom. The van der Waals surface area contributed by atoms with Crippen molar-refractivity contribution in [2.24, 2.45) is 5.92 Å². The number of phenolic OH excluding ortho intramolecular Hbond substituents is 1. The highest BCUT2D eigenvalue weighted by atomic mass is 32.2. The maximum absolute atomic E-state index is 13.1. The van der Waals surface area contributed by atoms with Gasteiger partial charge in [0.05, 0.1) is 17.6 Å². The van der Waals surface area contributed by atoms with E-state index in [0.29, 0.717) is 27.8 Å². The Morgan fingerprint density at radius 3 is 2.61 bits per heavy atom. The number of amides is 3. The van der Waals surface area contributed by atoms with E-state index in [-0.39, 0.29) is 28.8 Å². The Bertz CT molecular complexity index is 1430. The highest BCUT2D eigenvalue weighted by Crippen LogP contribution is 2.52. The lowest BCUT2D eigenvalue weighted by atomic mass is 9.83. The van der Waals surface area contributed by atoms with Crippen LogP contribution in [-0.2, 0) is 20.9 Å². The second kappa shape index (κ2) is 9.47. The van der Waals surface area contributed by atoms with Crippen molar-refractivity contribution in [3.63, 3.8) is 0 Å². The quantitative estimate of drug-likeness (QED) is 0.423. The molecule has 1 fully saturated rings. The van der Waals surface area contributed by atoms with Crippen LogP contribution in [0.1, 0.15) is 28.8 Å². The molecule has 2 unspecified atom stereocenters. The summed E-state index contributed by atoms with van der Waals surface area (Å²) in [5.74, 6) is -2.37. The molecule has 5 rings (SSSR count). The first kappa shape index (κ1) is 24.1. The standard InChI is InChI=1S/C25H23N3O6S2/c1-3-34-16-10-13(6-9-15(16)29)18-19-20(23(32)27-22(19)31)35-24-21(18)36-25(33)28(24)11-17(30)26-14-7-4-12(2)5-8-14/h4-10,18-20,29H,3,11H2,1-2H3,(H,26,30)(H,27,31,32)/t18-,19?,20?/m0/s1. The summed E-state index contributed by atoms with van der Waals surface area (Å²) in [6.45, 7) is 3.83. The molecule has 0 saturated carbocycles. The molecule has 3 amide bonds. The van der Waals surface area contributed by atoms with Crippen LogP contribution in [0.15, 0.2) is 52.3 Å². The van der Waals surface area contributed by atoms with Crippen molar-refractivity contribution in [1.29, 1.82) is 0 Å². The second-order valence-electron chi connectivity index (χ2n) is 8.59. The van der Waals surface area contributed by atoms with E-state index >= 15 is 0 Å². The third kappa shape index (κ3) is 4.28. The van der Waals surface area contributed by atoms with Crippen molar-refractivity contribution in [1.82, 2.24) is 9.88 Å². The molecule has 2 aromatic carbocycles. The summed E-state index contributed by atoms with van der Waals surface area (Å²) in [4.78, 5) is 51.6. The van der Waals surface area contributed by atoms with E-state index in [1.165, 1.54) is 10.6 Å². The average Bonchev–Trinajstić information content (AvgIpc) is 3.30. The van der Waals surface area contributed by atoms with Crippen LogP contribution < -0.4 is 20.2 Å². The molecule has 0 spiro atoms. The number of thioether (sulfide) groups is 1. The fraction of sp³-hybridized carbons (Fsp3) is 0.280. The molecule has 3 aromatic rings. The molecule has 2 aliphatic rings. The van der Waals surface area contributed by atoms with Gasteiger partial charge >= 0.3 is 4.87 Å². The van der Waals surface area contributed by atoms with Gasteiger partial charge in [0.1, 0.15) is 11.8 Å². The predicted molar refractivity (Wildman–Crippen MR) is 136 cm³/mol. The fourth-order valence-corrected chi connectivity index (χ4v) is 7.25. The molecule has 2 aliphatic heterocycles. The Morgan fingerprint density at radius 1 is 1.14 bits per heavy atom. The van der Waals surface area contributed by atoms with Crippen LogP contribution in [0.3, 0.4) is 0 Å². The van der Waals surface area contributed by atoms with Crippen molar-refractivity contribution < 1.29 is 24.2 Å². The van der Waals surface area contributed by atoms with Crippen LogP contribution in [0.4, 0.5) is 5.69 Å². The van der Waals surface area contributed by atoms with Gasteiger partial charge in [0.2, 0.25) is 17.7 Å². The van der Waals surface area contributed by atoms with Crippen molar-refractivity contribution >= 4 is 46.5 Å². The van der Waals surface area contributed by atoms with Gasteiger partial charge in [0, 0.05) is 16.5 Å². The number of rotatable bonds is 6. The lowest BCUT2D eigenvalue weighted by molar-refractivity contribution is -0.126. The largest absolute Gasteiger partial charge is 0.504 e. The number of carbonyl (C=O) groups is 3. The molecule has 1 saturated heterocycles. The van der Waals surface area contributed by atoms with E-state index in [9.17, 15) is 24.3 Å². The number of imide groups is 1. The molecule has 3 atom stereocenters. The minimum absolute atomic E-state index is 0.0481. The van der Waals surface area contributed by atoms with Crippen LogP contribution in [0.5, 0.6) is 11.5 Å². The van der Waals surface area contributed by atoms with E-state index < -0.39 is 28.9 Å². The number of carbonyl (C=O) groups excluding carboxylic acids is 3. The molecule has 3 heterocycles. The van der Waals surface area contributed by atoms with Crippen LogP contribution in [0.25, 0.3) is 0 Å².